The number of likely N-dealkylation sites (N-methyl/N-ethyl adjacent to an activating group) is 1. The van der Waals surface area contributed by atoms with E-state index in [1.807, 2.05) is 24.3 Å². The fourth-order valence-corrected chi connectivity index (χ4v) is 2.86. The maximum absolute atomic E-state index is 12.5. The molecule has 1 aliphatic carbocycles. The molecule has 1 fully saturated rings. The van der Waals surface area contributed by atoms with Gasteiger partial charge >= 0.3 is 0 Å². The van der Waals surface area contributed by atoms with E-state index in [4.69, 9.17) is 4.74 Å². The molecule has 1 aliphatic rings. The molecule has 1 saturated carbocycles. The molecule has 0 saturated heterocycles. The van der Waals surface area contributed by atoms with Crippen molar-refractivity contribution in [1.82, 2.24) is 10.2 Å². The predicted molar refractivity (Wildman–Crippen MR) is 88.5 cm³/mol. The number of para-hydroxylation sites is 1. The SMILES string of the molecule is CN(C(=O)Cc1ccccc1OC1CCCC1)c1ccnnc1. The summed E-state index contributed by atoms with van der Waals surface area (Å²) in [6.07, 6.45) is 8.41. The monoisotopic (exact) mass is 311 g/mol. The topological polar surface area (TPSA) is 55.3 Å². The second-order valence-corrected chi connectivity index (χ2v) is 5.86. The molecule has 5 nitrogen and oxygen atoms in total. The molecule has 1 amide bonds. The second kappa shape index (κ2) is 7.22. The molecule has 2 aromatic rings. The first-order valence-electron chi connectivity index (χ1n) is 8.02. The zero-order chi connectivity index (χ0) is 16.1. The second-order valence-electron chi connectivity index (χ2n) is 5.86. The van der Waals surface area contributed by atoms with Crippen LogP contribution in [0.3, 0.4) is 0 Å². The Morgan fingerprint density at radius 1 is 1.22 bits per heavy atom. The zero-order valence-electron chi connectivity index (χ0n) is 13.3. The molecule has 0 radical (unpaired) electrons. The fourth-order valence-electron chi connectivity index (χ4n) is 2.86. The third-order valence-electron chi connectivity index (χ3n) is 4.24. The highest BCUT2D eigenvalue weighted by Crippen LogP contribution is 2.27. The van der Waals surface area contributed by atoms with E-state index in [-0.39, 0.29) is 12.0 Å². The van der Waals surface area contributed by atoms with E-state index in [2.05, 4.69) is 10.2 Å². The Balaban J connectivity index is 1.70. The van der Waals surface area contributed by atoms with Crippen LogP contribution in [0.15, 0.2) is 42.7 Å². The van der Waals surface area contributed by atoms with Gasteiger partial charge in [0.05, 0.1) is 30.6 Å². The first kappa shape index (κ1) is 15.5. The Bertz CT molecular complexity index is 654. The Morgan fingerprint density at radius 2 is 2.00 bits per heavy atom. The number of carbonyl (C=O) groups is 1. The van der Waals surface area contributed by atoms with Crippen molar-refractivity contribution in [2.24, 2.45) is 0 Å². The highest BCUT2D eigenvalue weighted by atomic mass is 16.5. The molecule has 0 unspecified atom stereocenters. The minimum Gasteiger partial charge on any atom is -0.490 e. The number of hydrogen-bond donors (Lipinski definition) is 0. The van der Waals surface area contributed by atoms with Crippen molar-refractivity contribution in [3.63, 3.8) is 0 Å². The number of benzene rings is 1. The van der Waals surface area contributed by atoms with Gasteiger partial charge in [0, 0.05) is 12.6 Å². The lowest BCUT2D eigenvalue weighted by Crippen LogP contribution is -2.28. The highest BCUT2D eigenvalue weighted by molar-refractivity contribution is 5.94. The average Bonchev–Trinajstić information content (AvgIpc) is 3.10. The van der Waals surface area contributed by atoms with Crippen LogP contribution in [0.2, 0.25) is 0 Å². The van der Waals surface area contributed by atoms with Crippen LogP contribution in [0.1, 0.15) is 31.2 Å². The van der Waals surface area contributed by atoms with Crippen LogP contribution in [0.25, 0.3) is 0 Å². The van der Waals surface area contributed by atoms with E-state index in [9.17, 15) is 4.79 Å². The van der Waals surface area contributed by atoms with Crippen LogP contribution in [-0.2, 0) is 11.2 Å². The van der Waals surface area contributed by atoms with Gasteiger partial charge in [-0.1, -0.05) is 18.2 Å². The van der Waals surface area contributed by atoms with Crippen molar-refractivity contribution in [2.45, 2.75) is 38.2 Å². The first-order valence-corrected chi connectivity index (χ1v) is 8.02. The highest BCUT2D eigenvalue weighted by Gasteiger charge is 2.19. The molecular weight excluding hydrogens is 290 g/mol. The number of rotatable bonds is 5. The number of amides is 1. The quantitative estimate of drug-likeness (QED) is 0.852. The fraction of sp³-hybridized carbons (Fsp3) is 0.389. The summed E-state index contributed by atoms with van der Waals surface area (Å²) < 4.78 is 6.10. The number of carbonyl (C=O) groups excluding carboxylic acids is 1. The third kappa shape index (κ3) is 3.86. The van der Waals surface area contributed by atoms with Gasteiger partial charge in [0.1, 0.15) is 5.75 Å². The zero-order valence-corrected chi connectivity index (χ0v) is 13.3. The molecule has 0 atom stereocenters. The van der Waals surface area contributed by atoms with Gasteiger partial charge < -0.3 is 9.64 Å². The standard InChI is InChI=1S/C18H21N3O2/c1-21(15-10-11-19-20-13-15)18(22)12-14-6-2-5-9-17(14)23-16-7-3-4-8-16/h2,5-6,9-11,13,16H,3-4,7-8,12H2,1H3. The maximum atomic E-state index is 12.5. The molecule has 1 aromatic heterocycles. The summed E-state index contributed by atoms with van der Waals surface area (Å²) in [6, 6.07) is 9.58. The number of aromatic nitrogens is 2. The minimum atomic E-state index is 0.000437. The van der Waals surface area contributed by atoms with Crippen molar-refractivity contribution in [3.05, 3.63) is 48.3 Å². The Hall–Kier alpha value is -2.43. The van der Waals surface area contributed by atoms with Crippen LogP contribution in [0.4, 0.5) is 5.69 Å². The van der Waals surface area contributed by atoms with E-state index < -0.39 is 0 Å². The lowest BCUT2D eigenvalue weighted by atomic mass is 10.1. The molecule has 1 heterocycles. The lowest BCUT2D eigenvalue weighted by Gasteiger charge is -2.19. The van der Waals surface area contributed by atoms with Crippen molar-refractivity contribution >= 4 is 11.6 Å². The normalized spacial score (nSPS) is 14.7. The van der Waals surface area contributed by atoms with Gasteiger partial charge in [0.25, 0.3) is 0 Å². The van der Waals surface area contributed by atoms with Gasteiger partial charge in [-0.2, -0.15) is 10.2 Å². The van der Waals surface area contributed by atoms with Crippen molar-refractivity contribution < 1.29 is 9.53 Å². The summed E-state index contributed by atoms with van der Waals surface area (Å²) in [7, 11) is 1.75. The third-order valence-corrected chi connectivity index (χ3v) is 4.24. The summed E-state index contributed by atoms with van der Waals surface area (Å²) >= 11 is 0. The molecule has 0 bridgehead atoms. The maximum Gasteiger partial charge on any atom is 0.231 e. The van der Waals surface area contributed by atoms with E-state index in [1.54, 1.807) is 30.4 Å². The molecule has 3 rings (SSSR count). The lowest BCUT2D eigenvalue weighted by molar-refractivity contribution is -0.117. The summed E-state index contributed by atoms with van der Waals surface area (Å²) in [4.78, 5) is 14.1. The van der Waals surface area contributed by atoms with Crippen LogP contribution in [-0.4, -0.2) is 29.3 Å². The number of ether oxygens (including phenoxy) is 1. The Morgan fingerprint density at radius 3 is 2.74 bits per heavy atom. The first-order chi connectivity index (χ1) is 11.2. The summed E-state index contributed by atoms with van der Waals surface area (Å²) in [5.74, 6) is 0.828. The largest absolute Gasteiger partial charge is 0.490 e. The van der Waals surface area contributed by atoms with Gasteiger partial charge in [-0.05, 0) is 37.8 Å². The molecule has 1 aromatic carbocycles. The van der Waals surface area contributed by atoms with Gasteiger partial charge in [-0.15, -0.1) is 0 Å². The number of anilines is 1. The molecule has 5 heteroatoms. The van der Waals surface area contributed by atoms with Gasteiger partial charge in [-0.3, -0.25) is 4.79 Å². The van der Waals surface area contributed by atoms with E-state index in [0.717, 1.165) is 29.8 Å². The number of hydrogen-bond acceptors (Lipinski definition) is 4. The Labute approximate surface area is 136 Å². The summed E-state index contributed by atoms with van der Waals surface area (Å²) in [5, 5.41) is 7.55. The van der Waals surface area contributed by atoms with Crippen LogP contribution >= 0.6 is 0 Å². The Kier molecular flexibility index (Phi) is 4.86. The average molecular weight is 311 g/mol. The van der Waals surface area contributed by atoms with E-state index in [1.165, 1.54) is 12.8 Å². The summed E-state index contributed by atoms with van der Waals surface area (Å²) in [5.41, 5.74) is 1.66. The van der Waals surface area contributed by atoms with Gasteiger partial charge in [0.2, 0.25) is 5.91 Å². The van der Waals surface area contributed by atoms with Crippen molar-refractivity contribution in [1.29, 1.82) is 0 Å². The van der Waals surface area contributed by atoms with E-state index >= 15 is 0 Å². The van der Waals surface area contributed by atoms with Gasteiger partial charge in [-0.25, -0.2) is 0 Å². The smallest absolute Gasteiger partial charge is 0.231 e. The molecule has 120 valence electrons. The van der Waals surface area contributed by atoms with Crippen LogP contribution in [0.5, 0.6) is 5.75 Å². The molecule has 0 aliphatic heterocycles. The summed E-state index contributed by atoms with van der Waals surface area (Å²) in [6.45, 7) is 0. The van der Waals surface area contributed by atoms with Crippen molar-refractivity contribution in [3.8, 4) is 5.75 Å². The minimum absolute atomic E-state index is 0.000437. The molecule has 0 spiro atoms. The molecule has 0 N–H and O–H groups in total. The van der Waals surface area contributed by atoms with Crippen LogP contribution < -0.4 is 9.64 Å². The number of nitrogens with zero attached hydrogens (tertiary/aromatic N) is 3. The van der Waals surface area contributed by atoms with Gasteiger partial charge in [0.15, 0.2) is 0 Å². The van der Waals surface area contributed by atoms with E-state index in [0.29, 0.717) is 6.42 Å². The molecular formula is C18H21N3O2. The van der Waals surface area contributed by atoms with Crippen molar-refractivity contribution in [2.75, 3.05) is 11.9 Å². The predicted octanol–water partition coefficient (Wildman–Crippen LogP) is 3.00. The molecule has 23 heavy (non-hydrogen) atoms. The van der Waals surface area contributed by atoms with Crippen LogP contribution in [0, 0.1) is 0 Å².